The van der Waals surface area contributed by atoms with Crippen LogP contribution in [-0.4, -0.2) is 24.2 Å². The van der Waals surface area contributed by atoms with E-state index in [0.717, 1.165) is 0 Å². The Morgan fingerprint density at radius 1 is 1.53 bits per heavy atom. The van der Waals surface area contributed by atoms with E-state index in [1.54, 1.807) is 18.2 Å². The van der Waals surface area contributed by atoms with Crippen molar-refractivity contribution in [1.82, 2.24) is 0 Å². The topological polar surface area (TPSA) is 78.7 Å². The fourth-order valence-electron chi connectivity index (χ4n) is 1.57. The van der Waals surface area contributed by atoms with Crippen LogP contribution in [0.2, 0.25) is 0 Å². The second-order valence-corrected chi connectivity index (χ2v) is 3.36. The van der Waals surface area contributed by atoms with Gasteiger partial charge >= 0.3 is 12.2 Å². The first-order chi connectivity index (χ1) is 8.13. The van der Waals surface area contributed by atoms with Gasteiger partial charge in [0.1, 0.15) is 5.75 Å². The molecule has 0 saturated carbocycles. The smallest absolute Gasteiger partial charge is 0.374 e. The van der Waals surface area contributed by atoms with E-state index in [9.17, 15) is 14.9 Å². The normalized spacial score (nSPS) is 16.9. The number of benzene rings is 1. The Bertz CT molecular complexity index is 509. The Balaban J connectivity index is 2.43. The van der Waals surface area contributed by atoms with Crippen molar-refractivity contribution in [3.63, 3.8) is 0 Å². The fourth-order valence-corrected chi connectivity index (χ4v) is 1.57. The average molecular weight is 235 g/mol. The first-order valence-corrected chi connectivity index (χ1v) is 4.83. The highest BCUT2D eigenvalue weighted by atomic mass is 16.7. The summed E-state index contributed by atoms with van der Waals surface area (Å²) < 4.78 is 9.75. The zero-order valence-electron chi connectivity index (χ0n) is 8.95. The van der Waals surface area contributed by atoms with Gasteiger partial charge in [0.2, 0.25) is 0 Å². The number of rotatable bonds is 2. The predicted octanol–water partition coefficient (Wildman–Crippen LogP) is 1.48. The molecule has 0 saturated heterocycles. The maximum Gasteiger partial charge on any atom is 0.374 e. The number of hydrogen-bond donors (Lipinski definition) is 0. The van der Waals surface area contributed by atoms with Crippen LogP contribution < -0.4 is 4.74 Å². The van der Waals surface area contributed by atoms with Gasteiger partial charge in [-0.05, 0) is 18.2 Å². The molecule has 1 heterocycles. The Hall–Kier alpha value is -2.37. The van der Waals surface area contributed by atoms with Crippen LogP contribution in [0.4, 0.5) is 0 Å². The lowest BCUT2D eigenvalue weighted by molar-refractivity contribution is -0.548. The molecule has 1 aliphatic heterocycles. The van der Waals surface area contributed by atoms with E-state index >= 15 is 0 Å². The van der Waals surface area contributed by atoms with E-state index in [2.05, 4.69) is 4.74 Å². The Kier molecular flexibility index (Phi) is 2.78. The molecule has 0 aromatic heterocycles. The summed E-state index contributed by atoms with van der Waals surface area (Å²) >= 11 is 0. The second kappa shape index (κ2) is 4.25. The Labute approximate surface area is 96.6 Å². The quantitative estimate of drug-likeness (QED) is 0.440. The highest BCUT2D eigenvalue weighted by Gasteiger charge is 2.26. The molecule has 2 rings (SSSR count). The minimum atomic E-state index is -1.21. The van der Waals surface area contributed by atoms with Crippen LogP contribution in [0.25, 0.3) is 6.08 Å². The highest BCUT2D eigenvalue weighted by molar-refractivity contribution is 5.95. The third kappa shape index (κ3) is 1.96. The van der Waals surface area contributed by atoms with Crippen LogP contribution in [-0.2, 0) is 4.74 Å². The van der Waals surface area contributed by atoms with E-state index in [-0.39, 0.29) is 0 Å². The lowest BCUT2D eigenvalue weighted by Gasteiger charge is -2.17. The van der Waals surface area contributed by atoms with Gasteiger partial charge in [-0.25, -0.2) is 4.79 Å². The molecule has 0 amide bonds. The van der Waals surface area contributed by atoms with E-state index in [0.29, 0.717) is 16.9 Å². The third-order valence-corrected chi connectivity index (χ3v) is 2.35. The zero-order chi connectivity index (χ0) is 12.4. The summed E-state index contributed by atoms with van der Waals surface area (Å²) in [6.45, 7) is 0. The standard InChI is InChI=1S/C11H9NO5/c1-16-11(13)8-3-2-4-9-7(8)5-6-10(17-9)12(14)15/h2-6,10H,1H3. The molecule has 6 heteroatoms. The van der Waals surface area contributed by atoms with Gasteiger partial charge in [-0.2, -0.15) is 0 Å². The number of esters is 1. The van der Waals surface area contributed by atoms with Crippen LogP contribution in [0, 0.1) is 10.1 Å². The molecule has 1 aromatic rings. The van der Waals surface area contributed by atoms with Gasteiger partial charge in [-0.1, -0.05) is 6.07 Å². The number of hydrogen-bond acceptors (Lipinski definition) is 5. The lowest BCUT2D eigenvalue weighted by atomic mass is 10.0. The molecule has 88 valence electrons. The Morgan fingerprint density at radius 2 is 2.29 bits per heavy atom. The Morgan fingerprint density at radius 3 is 2.94 bits per heavy atom. The van der Waals surface area contributed by atoms with Crippen LogP contribution in [0.3, 0.4) is 0 Å². The van der Waals surface area contributed by atoms with E-state index in [1.165, 1.54) is 19.3 Å². The van der Waals surface area contributed by atoms with E-state index in [4.69, 9.17) is 4.74 Å². The fraction of sp³-hybridized carbons (Fsp3) is 0.182. The molecule has 0 fully saturated rings. The largest absolute Gasteiger partial charge is 0.465 e. The number of nitro groups is 1. The van der Waals surface area contributed by atoms with Gasteiger partial charge < -0.3 is 9.47 Å². The summed E-state index contributed by atoms with van der Waals surface area (Å²) in [6, 6.07) is 4.73. The van der Waals surface area contributed by atoms with Gasteiger partial charge in [0, 0.05) is 11.6 Å². The van der Waals surface area contributed by atoms with E-state index < -0.39 is 17.1 Å². The number of fused-ring (bicyclic) bond motifs is 1. The first-order valence-electron chi connectivity index (χ1n) is 4.83. The SMILES string of the molecule is COC(=O)c1cccc2c1C=CC([N+](=O)[O-])O2. The molecule has 0 N–H and O–H groups in total. The van der Waals surface area contributed by atoms with Crippen LogP contribution >= 0.6 is 0 Å². The van der Waals surface area contributed by atoms with E-state index in [1.807, 2.05) is 0 Å². The van der Waals surface area contributed by atoms with Crippen LogP contribution in [0.1, 0.15) is 15.9 Å². The molecular formula is C11H9NO5. The molecule has 17 heavy (non-hydrogen) atoms. The molecule has 0 spiro atoms. The van der Waals surface area contributed by atoms with Crippen molar-refractivity contribution in [1.29, 1.82) is 0 Å². The molecule has 6 nitrogen and oxygen atoms in total. The summed E-state index contributed by atoms with van der Waals surface area (Å²) in [6.07, 6.45) is 1.57. The van der Waals surface area contributed by atoms with Crippen molar-refractivity contribution in [3.8, 4) is 5.75 Å². The van der Waals surface area contributed by atoms with Crippen molar-refractivity contribution in [3.05, 3.63) is 45.5 Å². The number of carbonyl (C=O) groups excluding carboxylic acids is 1. The van der Waals surface area contributed by atoms with Gasteiger partial charge in [0.25, 0.3) is 0 Å². The summed E-state index contributed by atoms with van der Waals surface area (Å²) in [5.41, 5.74) is 0.820. The molecule has 0 radical (unpaired) electrons. The van der Waals surface area contributed by atoms with Crippen molar-refractivity contribution >= 4 is 12.0 Å². The lowest BCUT2D eigenvalue weighted by Crippen LogP contribution is -2.26. The highest BCUT2D eigenvalue weighted by Crippen LogP contribution is 2.29. The predicted molar refractivity (Wildman–Crippen MR) is 58.2 cm³/mol. The van der Waals surface area contributed by atoms with Crippen molar-refractivity contribution in [2.24, 2.45) is 0 Å². The second-order valence-electron chi connectivity index (χ2n) is 3.36. The molecule has 1 aromatic carbocycles. The van der Waals surface area contributed by atoms with Crippen LogP contribution in [0.5, 0.6) is 5.75 Å². The number of ether oxygens (including phenoxy) is 2. The first kappa shape index (κ1) is 11.1. The molecule has 0 aliphatic carbocycles. The molecule has 1 unspecified atom stereocenters. The summed E-state index contributed by atoms with van der Waals surface area (Å²) in [7, 11) is 1.27. The van der Waals surface area contributed by atoms with Crippen molar-refractivity contribution in [2.75, 3.05) is 7.11 Å². The van der Waals surface area contributed by atoms with Gasteiger partial charge in [-0.15, -0.1) is 0 Å². The monoisotopic (exact) mass is 235 g/mol. The van der Waals surface area contributed by atoms with Crippen molar-refractivity contribution in [2.45, 2.75) is 6.23 Å². The minimum absolute atomic E-state index is 0.303. The number of nitrogens with zero attached hydrogens (tertiary/aromatic N) is 1. The summed E-state index contributed by atoms with van der Waals surface area (Å²) in [5.74, 6) is -0.202. The van der Waals surface area contributed by atoms with Gasteiger partial charge in [0.05, 0.1) is 17.6 Å². The third-order valence-electron chi connectivity index (χ3n) is 2.35. The van der Waals surface area contributed by atoms with Crippen molar-refractivity contribution < 1.29 is 19.2 Å². The maximum absolute atomic E-state index is 11.5. The summed E-state index contributed by atoms with van der Waals surface area (Å²) in [4.78, 5) is 21.5. The average Bonchev–Trinajstić information content (AvgIpc) is 2.36. The molecular weight excluding hydrogens is 226 g/mol. The number of carbonyl (C=O) groups is 1. The van der Waals surface area contributed by atoms with Gasteiger partial charge in [-0.3, -0.25) is 10.1 Å². The minimum Gasteiger partial charge on any atom is -0.465 e. The maximum atomic E-state index is 11.5. The zero-order valence-corrected chi connectivity index (χ0v) is 8.95. The van der Waals surface area contributed by atoms with Crippen LogP contribution in [0.15, 0.2) is 24.3 Å². The summed E-state index contributed by atoms with van der Waals surface area (Å²) in [5, 5.41) is 10.6. The molecule has 0 bridgehead atoms. The number of methoxy groups -OCH3 is 1. The molecule has 1 atom stereocenters. The molecule has 1 aliphatic rings. The van der Waals surface area contributed by atoms with Gasteiger partial charge in [0.15, 0.2) is 0 Å².